The molecule has 0 spiro atoms. The topological polar surface area (TPSA) is 42.2 Å². The van der Waals surface area contributed by atoms with Crippen LogP contribution in [0.2, 0.25) is 0 Å². The van der Waals surface area contributed by atoms with Crippen molar-refractivity contribution in [3.05, 3.63) is 18.2 Å². The molecule has 2 heterocycles. The van der Waals surface area contributed by atoms with Gasteiger partial charge in [-0.25, -0.2) is 4.98 Å². The minimum absolute atomic E-state index is 0.566. The van der Waals surface area contributed by atoms with E-state index < -0.39 is 0 Å². The highest BCUT2D eigenvalue weighted by Gasteiger charge is 2.19. The number of rotatable bonds is 3. The molecular weight excluding hydrogens is 232 g/mol. The number of hydrogen-bond donors (Lipinski definition) is 1. The van der Waals surface area contributed by atoms with E-state index in [4.69, 9.17) is 0 Å². The van der Waals surface area contributed by atoms with Gasteiger partial charge in [-0.05, 0) is 12.3 Å². The standard InChI is InChI=1S/C12H20N4S/c1-9(2)10-4-7-17-12(15-10)14-8-11-13-5-6-16(11)3/h5-6,9-10H,4,7-8H2,1-3H3,(H,14,15). The molecule has 1 N–H and O–H groups in total. The Morgan fingerprint density at radius 1 is 1.65 bits per heavy atom. The fourth-order valence-electron chi connectivity index (χ4n) is 1.84. The van der Waals surface area contributed by atoms with Crippen molar-refractivity contribution >= 4 is 16.9 Å². The van der Waals surface area contributed by atoms with Gasteiger partial charge in [-0.2, -0.15) is 0 Å². The molecule has 17 heavy (non-hydrogen) atoms. The molecule has 1 unspecified atom stereocenters. The molecule has 0 aromatic carbocycles. The molecule has 5 heteroatoms. The van der Waals surface area contributed by atoms with Gasteiger partial charge in [0.1, 0.15) is 5.82 Å². The van der Waals surface area contributed by atoms with Gasteiger partial charge in [0.05, 0.1) is 6.54 Å². The second-order valence-corrected chi connectivity index (χ2v) is 5.79. The summed E-state index contributed by atoms with van der Waals surface area (Å²) in [4.78, 5) is 8.88. The number of hydrogen-bond acceptors (Lipinski definition) is 3. The first-order chi connectivity index (χ1) is 8.16. The first-order valence-electron chi connectivity index (χ1n) is 6.07. The zero-order valence-electron chi connectivity index (χ0n) is 10.7. The van der Waals surface area contributed by atoms with E-state index >= 15 is 0 Å². The van der Waals surface area contributed by atoms with Gasteiger partial charge in [0.15, 0.2) is 5.17 Å². The Hall–Kier alpha value is -0.970. The summed E-state index contributed by atoms with van der Waals surface area (Å²) >= 11 is 1.81. The number of thioether (sulfide) groups is 1. The van der Waals surface area contributed by atoms with Gasteiger partial charge >= 0.3 is 0 Å². The molecule has 1 aliphatic rings. The summed E-state index contributed by atoms with van der Waals surface area (Å²) in [5, 5.41) is 4.58. The maximum atomic E-state index is 4.60. The molecule has 94 valence electrons. The fourth-order valence-corrected chi connectivity index (χ4v) is 2.79. The number of aryl methyl sites for hydroxylation is 1. The first-order valence-corrected chi connectivity index (χ1v) is 7.05. The van der Waals surface area contributed by atoms with Crippen LogP contribution in [0.5, 0.6) is 0 Å². The minimum Gasteiger partial charge on any atom is -0.362 e. The van der Waals surface area contributed by atoms with E-state index in [-0.39, 0.29) is 0 Å². The van der Waals surface area contributed by atoms with Crippen LogP contribution in [0.4, 0.5) is 0 Å². The third-order valence-electron chi connectivity index (χ3n) is 3.07. The lowest BCUT2D eigenvalue weighted by Gasteiger charge is -2.28. The lowest BCUT2D eigenvalue weighted by molar-refractivity contribution is 0.442. The Kier molecular flexibility index (Phi) is 4.10. The number of amidine groups is 1. The molecule has 0 bridgehead atoms. The number of nitrogens with one attached hydrogen (secondary N) is 1. The molecule has 0 saturated carbocycles. The van der Waals surface area contributed by atoms with Crippen LogP contribution in [-0.2, 0) is 13.6 Å². The van der Waals surface area contributed by atoms with Gasteiger partial charge in [0.2, 0.25) is 0 Å². The predicted molar refractivity (Wildman–Crippen MR) is 73.2 cm³/mol. The van der Waals surface area contributed by atoms with Crippen molar-refractivity contribution in [1.82, 2.24) is 14.9 Å². The van der Waals surface area contributed by atoms with Crippen LogP contribution < -0.4 is 5.32 Å². The quantitative estimate of drug-likeness (QED) is 0.895. The molecule has 0 radical (unpaired) electrons. The van der Waals surface area contributed by atoms with Crippen LogP contribution in [-0.4, -0.2) is 26.5 Å². The van der Waals surface area contributed by atoms with Gasteiger partial charge in [0.25, 0.3) is 0 Å². The van der Waals surface area contributed by atoms with Crippen molar-refractivity contribution in [2.24, 2.45) is 18.0 Å². The van der Waals surface area contributed by atoms with Gasteiger partial charge in [-0.1, -0.05) is 25.6 Å². The summed E-state index contributed by atoms with van der Waals surface area (Å²) < 4.78 is 2.01. The molecule has 1 aromatic heterocycles. The van der Waals surface area contributed by atoms with E-state index in [1.54, 1.807) is 0 Å². The van der Waals surface area contributed by atoms with E-state index in [2.05, 4.69) is 29.1 Å². The summed E-state index contributed by atoms with van der Waals surface area (Å²) in [6.45, 7) is 5.16. The Balaban J connectivity index is 1.95. The Morgan fingerprint density at radius 2 is 2.47 bits per heavy atom. The first kappa shape index (κ1) is 12.5. The summed E-state index contributed by atoms with van der Waals surface area (Å²) in [5.41, 5.74) is 0. The summed E-state index contributed by atoms with van der Waals surface area (Å²) in [6, 6.07) is 0.566. The fraction of sp³-hybridized carbons (Fsp3) is 0.667. The Labute approximate surface area is 107 Å². The highest BCUT2D eigenvalue weighted by molar-refractivity contribution is 8.13. The molecule has 1 atom stereocenters. The average molecular weight is 252 g/mol. The Bertz CT molecular complexity index is 397. The number of aromatic nitrogens is 2. The van der Waals surface area contributed by atoms with E-state index in [0.29, 0.717) is 18.5 Å². The van der Waals surface area contributed by atoms with Crippen LogP contribution in [0.3, 0.4) is 0 Å². The smallest absolute Gasteiger partial charge is 0.157 e. The third-order valence-corrected chi connectivity index (χ3v) is 4.03. The van der Waals surface area contributed by atoms with Crippen molar-refractivity contribution < 1.29 is 0 Å². The second-order valence-electron chi connectivity index (χ2n) is 4.71. The van der Waals surface area contributed by atoms with Crippen molar-refractivity contribution in [2.45, 2.75) is 32.9 Å². The zero-order valence-corrected chi connectivity index (χ0v) is 11.5. The van der Waals surface area contributed by atoms with Crippen LogP contribution >= 0.6 is 11.8 Å². The second kappa shape index (κ2) is 5.58. The molecule has 1 fully saturated rings. The van der Waals surface area contributed by atoms with Gasteiger partial charge in [-0.3, -0.25) is 4.99 Å². The molecular formula is C12H20N4S. The molecule has 1 aromatic rings. The van der Waals surface area contributed by atoms with Gasteiger partial charge < -0.3 is 9.88 Å². The molecule has 1 aliphatic heterocycles. The molecule has 4 nitrogen and oxygen atoms in total. The highest BCUT2D eigenvalue weighted by atomic mass is 32.2. The number of nitrogens with zero attached hydrogens (tertiary/aromatic N) is 3. The molecule has 0 amide bonds. The van der Waals surface area contributed by atoms with Crippen LogP contribution in [0.25, 0.3) is 0 Å². The van der Waals surface area contributed by atoms with Gasteiger partial charge in [0, 0.05) is 31.2 Å². The van der Waals surface area contributed by atoms with Crippen molar-refractivity contribution in [2.75, 3.05) is 5.75 Å². The largest absolute Gasteiger partial charge is 0.362 e. The van der Waals surface area contributed by atoms with Crippen LogP contribution in [0.15, 0.2) is 17.4 Å². The highest BCUT2D eigenvalue weighted by Crippen LogP contribution is 2.19. The summed E-state index contributed by atoms with van der Waals surface area (Å²) in [5.74, 6) is 2.83. The van der Waals surface area contributed by atoms with E-state index in [0.717, 1.165) is 16.7 Å². The minimum atomic E-state index is 0.566. The molecule has 2 rings (SSSR count). The molecule has 0 aliphatic carbocycles. The average Bonchev–Trinajstić information content (AvgIpc) is 2.72. The molecule has 1 saturated heterocycles. The SMILES string of the molecule is CC(C)C1CCSC(=NCc2nccn2C)N1. The Morgan fingerprint density at radius 3 is 3.12 bits per heavy atom. The van der Waals surface area contributed by atoms with Crippen LogP contribution in [0, 0.1) is 5.92 Å². The normalized spacial score (nSPS) is 23.1. The lowest BCUT2D eigenvalue weighted by atomic mass is 10.0. The maximum Gasteiger partial charge on any atom is 0.157 e. The number of imidazole rings is 1. The zero-order chi connectivity index (χ0) is 12.3. The van der Waals surface area contributed by atoms with Crippen LogP contribution in [0.1, 0.15) is 26.1 Å². The van der Waals surface area contributed by atoms with E-state index in [9.17, 15) is 0 Å². The van der Waals surface area contributed by atoms with E-state index in [1.165, 1.54) is 6.42 Å². The lowest BCUT2D eigenvalue weighted by Crippen LogP contribution is -2.41. The third kappa shape index (κ3) is 3.25. The van der Waals surface area contributed by atoms with Gasteiger partial charge in [-0.15, -0.1) is 0 Å². The van der Waals surface area contributed by atoms with Crippen molar-refractivity contribution in [3.8, 4) is 0 Å². The summed E-state index contributed by atoms with van der Waals surface area (Å²) in [7, 11) is 2.00. The number of aliphatic imine (C=N–C) groups is 1. The summed E-state index contributed by atoms with van der Waals surface area (Å²) in [6.07, 6.45) is 4.99. The predicted octanol–water partition coefficient (Wildman–Crippen LogP) is 2.03. The maximum absolute atomic E-state index is 4.60. The monoisotopic (exact) mass is 252 g/mol. The van der Waals surface area contributed by atoms with Crippen molar-refractivity contribution in [3.63, 3.8) is 0 Å². The van der Waals surface area contributed by atoms with Crippen molar-refractivity contribution in [1.29, 1.82) is 0 Å². The van der Waals surface area contributed by atoms with E-state index in [1.807, 2.05) is 35.8 Å².